The molecule has 1 amide bonds. The lowest BCUT2D eigenvalue weighted by atomic mass is 10.1. The van der Waals surface area contributed by atoms with Gasteiger partial charge in [0.05, 0.1) is 35.5 Å². The van der Waals surface area contributed by atoms with Gasteiger partial charge in [0.1, 0.15) is 11.9 Å². The molecule has 24 heavy (non-hydrogen) atoms. The second-order valence-corrected chi connectivity index (χ2v) is 6.53. The molecule has 3 rings (SSSR count). The number of aromatic nitrogens is 1. The molecule has 1 aromatic heterocycles. The molecule has 1 saturated heterocycles. The van der Waals surface area contributed by atoms with E-state index >= 15 is 0 Å². The summed E-state index contributed by atoms with van der Waals surface area (Å²) in [4.78, 5) is 16.5. The minimum atomic E-state index is -0.552. The Morgan fingerprint density at radius 2 is 2.42 bits per heavy atom. The van der Waals surface area contributed by atoms with E-state index in [9.17, 15) is 9.18 Å². The van der Waals surface area contributed by atoms with E-state index in [2.05, 4.69) is 10.3 Å². The standard InChI is InChI=1S/C16H16ClFN2O3S/c17-12-5-10(1-2-13(12)18)16(21)20-14-3-4-22-7-15(14)23-6-11-8-24-9-19-11/h1-2,5,8-9,14-15H,3-4,6-7H2,(H,20,21)/t14-,15-/m1/s1. The maximum Gasteiger partial charge on any atom is 0.251 e. The van der Waals surface area contributed by atoms with Crippen LogP contribution in [0, 0.1) is 5.82 Å². The van der Waals surface area contributed by atoms with Gasteiger partial charge in [-0.2, -0.15) is 0 Å². The van der Waals surface area contributed by atoms with Crippen LogP contribution in [-0.2, 0) is 16.1 Å². The Kier molecular flexibility index (Phi) is 5.78. The van der Waals surface area contributed by atoms with Crippen molar-refractivity contribution in [3.05, 3.63) is 51.2 Å². The molecule has 2 atom stereocenters. The van der Waals surface area contributed by atoms with Crippen molar-refractivity contribution in [2.24, 2.45) is 0 Å². The molecule has 5 nitrogen and oxygen atoms in total. The number of hydrogen-bond acceptors (Lipinski definition) is 5. The molecule has 0 aliphatic carbocycles. The predicted octanol–water partition coefficient (Wildman–Crippen LogP) is 3.04. The molecular weight excluding hydrogens is 355 g/mol. The fourth-order valence-electron chi connectivity index (χ4n) is 2.43. The van der Waals surface area contributed by atoms with Gasteiger partial charge in [-0.05, 0) is 24.6 Å². The van der Waals surface area contributed by atoms with Crippen LogP contribution in [0.15, 0.2) is 29.1 Å². The molecule has 1 N–H and O–H groups in total. The minimum Gasteiger partial charge on any atom is -0.379 e. The van der Waals surface area contributed by atoms with Crippen LogP contribution in [-0.4, -0.2) is 36.3 Å². The number of ether oxygens (including phenoxy) is 2. The van der Waals surface area contributed by atoms with Gasteiger partial charge in [0.2, 0.25) is 0 Å². The molecule has 2 heterocycles. The molecule has 1 fully saturated rings. The van der Waals surface area contributed by atoms with E-state index in [0.29, 0.717) is 31.8 Å². The number of amides is 1. The van der Waals surface area contributed by atoms with Gasteiger partial charge < -0.3 is 14.8 Å². The molecule has 0 bridgehead atoms. The summed E-state index contributed by atoms with van der Waals surface area (Å²) < 4.78 is 24.5. The first-order valence-electron chi connectivity index (χ1n) is 7.46. The third-order valence-electron chi connectivity index (χ3n) is 3.73. The Bertz CT molecular complexity index is 699. The van der Waals surface area contributed by atoms with Crippen LogP contribution < -0.4 is 5.32 Å². The average Bonchev–Trinajstić information content (AvgIpc) is 3.10. The van der Waals surface area contributed by atoms with Crippen molar-refractivity contribution in [1.82, 2.24) is 10.3 Å². The summed E-state index contributed by atoms with van der Waals surface area (Å²) in [5, 5.41) is 4.76. The number of carbonyl (C=O) groups excluding carboxylic acids is 1. The van der Waals surface area contributed by atoms with E-state index in [1.54, 1.807) is 5.51 Å². The largest absolute Gasteiger partial charge is 0.379 e. The molecule has 0 unspecified atom stereocenters. The van der Waals surface area contributed by atoms with Gasteiger partial charge in [0.25, 0.3) is 5.91 Å². The first-order chi connectivity index (χ1) is 11.6. The van der Waals surface area contributed by atoms with Crippen LogP contribution in [0.5, 0.6) is 0 Å². The van der Waals surface area contributed by atoms with Crippen molar-refractivity contribution in [3.8, 4) is 0 Å². The van der Waals surface area contributed by atoms with Gasteiger partial charge >= 0.3 is 0 Å². The summed E-state index contributed by atoms with van der Waals surface area (Å²) in [7, 11) is 0. The van der Waals surface area contributed by atoms with Crippen LogP contribution >= 0.6 is 22.9 Å². The Labute approximate surface area is 147 Å². The summed E-state index contributed by atoms with van der Waals surface area (Å²) in [6.45, 7) is 1.32. The average molecular weight is 371 g/mol. The number of carbonyl (C=O) groups is 1. The van der Waals surface area contributed by atoms with Crippen molar-refractivity contribution in [2.45, 2.75) is 25.2 Å². The number of nitrogens with zero attached hydrogens (tertiary/aromatic N) is 1. The van der Waals surface area contributed by atoms with Gasteiger partial charge in [-0.15, -0.1) is 11.3 Å². The molecule has 0 saturated carbocycles. The zero-order chi connectivity index (χ0) is 16.9. The normalized spacial score (nSPS) is 20.8. The molecule has 1 aliphatic heterocycles. The van der Waals surface area contributed by atoms with Crippen molar-refractivity contribution < 1.29 is 18.7 Å². The Hall–Kier alpha value is -1.54. The second-order valence-electron chi connectivity index (χ2n) is 5.40. The van der Waals surface area contributed by atoms with Gasteiger partial charge in [0.15, 0.2) is 0 Å². The molecule has 8 heteroatoms. The first kappa shape index (κ1) is 17.3. The Morgan fingerprint density at radius 3 is 3.17 bits per heavy atom. The highest BCUT2D eigenvalue weighted by Crippen LogP contribution is 2.18. The Morgan fingerprint density at radius 1 is 1.54 bits per heavy atom. The van der Waals surface area contributed by atoms with Crippen LogP contribution in [0.3, 0.4) is 0 Å². The maximum atomic E-state index is 13.2. The number of hydrogen-bond donors (Lipinski definition) is 1. The van der Waals surface area contributed by atoms with Gasteiger partial charge in [-0.1, -0.05) is 11.6 Å². The smallest absolute Gasteiger partial charge is 0.251 e. The molecule has 0 radical (unpaired) electrons. The SMILES string of the molecule is O=C(N[C@@H]1CCOC[C@H]1OCc1cscn1)c1ccc(F)c(Cl)c1. The van der Waals surface area contributed by atoms with Crippen LogP contribution in [0.2, 0.25) is 5.02 Å². The van der Waals surface area contributed by atoms with Crippen LogP contribution in [0.4, 0.5) is 4.39 Å². The van der Waals surface area contributed by atoms with Crippen molar-refractivity contribution in [1.29, 1.82) is 0 Å². The number of benzene rings is 1. The summed E-state index contributed by atoms with van der Waals surface area (Å²) in [5.41, 5.74) is 2.90. The lowest BCUT2D eigenvalue weighted by Crippen LogP contribution is -2.50. The highest BCUT2D eigenvalue weighted by Gasteiger charge is 2.28. The van der Waals surface area contributed by atoms with E-state index in [-0.39, 0.29) is 23.1 Å². The lowest BCUT2D eigenvalue weighted by Gasteiger charge is -2.32. The highest BCUT2D eigenvalue weighted by molar-refractivity contribution is 7.07. The van der Waals surface area contributed by atoms with Crippen molar-refractivity contribution in [2.75, 3.05) is 13.2 Å². The zero-order valence-electron chi connectivity index (χ0n) is 12.7. The number of thiazole rings is 1. The number of rotatable bonds is 5. The maximum absolute atomic E-state index is 13.2. The van der Waals surface area contributed by atoms with E-state index in [1.165, 1.54) is 29.5 Å². The second kappa shape index (κ2) is 8.02. The third kappa shape index (κ3) is 4.30. The summed E-state index contributed by atoms with van der Waals surface area (Å²) in [6, 6.07) is 3.71. The summed E-state index contributed by atoms with van der Waals surface area (Å²) >= 11 is 7.23. The van der Waals surface area contributed by atoms with Gasteiger partial charge in [-0.3, -0.25) is 4.79 Å². The van der Waals surface area contributed by atoms with Crippen LogP contribution in [0.25, 0.3) is 0 Å². The third-order valence-corrected chi connectivity index (χ3v) is 4.66. The molecule has 1 aromatic carbocycles. The molecule has 128 valence electrons. The molecular formula is C16H16ClFN2O3S. The van der Waals surface area contributed by atoms with E-state index in [1.807, 2.05) is 5.38 Å². The topological polar surface area (TPSA) is 60.5 Å². The van der Waals surface area contributed by atoms with Crippen molar-refractivity contribution >= 4 is 28.8 Å². The fraction of sp³-hybridized carbons (Fsp3) is 0.375. The number of nitrogens with one attached hydrogen (secondary N) is 1. The van der Waals surface area contributed by atoms with E-state index in [4.69, 9.17) is 21.1 Å². The highest BCUT2D eigenvalue weighted by atomic mass is 35.5. The number of halogens is 2. The fourth-order valence-corrected chi connectivity index (χ4v) is 3.16. The summed E-state index contributed by atoms with van der Waals surface area (Å²) in [5.74, 6) is -0.866. The first-order valence-corrected chi connectivity index (χ1v) is 8.78. The van der Waals surface area contributed by atoms with Gasteiger partial charge in [0, 0.05) is 17.6 Å². The molecule has 1 aliphatic rings. The monoisotopic (exact) mass is 370 g/mol. The van der Waals surface area contributed by atoms with E-state index in [0.717, 1.165) is 5.69 Å². The lowest BCUT2D eigenvalue weighted by molar-refractivity contribution is -0.0742. The van der Waals surface area contributed by atoms with Gasteiger partial charge in [-0.25, -0.2) is 9.37 Å². The zero-order valence-corrected chi connectivity index (χ0v) is 14.3. The predicted molar refractivity (Wildman–Crippen MR) is 88.8 cm³/mol. The van der Waals surface area contributed by atoms with Crippen LogP contribution in [0.1, 0.15) is 22.5 Å². The van der Waals surface area contributed by atoms with Crippen molar-refractivity contribution in [3.63, 3.8) is 0 Å². The van der Waals surface area contributed by atoms with E-state index < -0.39 is 5.82 Å². The molecule has 0 spiro atoms. The quantitative estimate of drug-likeness (QED) is 0.878. The minimum absolute atomic E-state index is 0.0778. The summed E-state index contributed by atoms with van der Waals surface area (Å²) in [6.07, 6.45) is 0.378. The Balaban J connectivity index is 1.62. The molecule has 2 aromatic rings.